The van der Waals surface area contributed by atoms with Gasteiger partial charge in [-0.05, 0) is 67.8 Å². The largest absolute Gasteiger partial charge is 0.494 e. The van der Waals surface area contributed by atoms with Gasteiger partial charge in [-0.15, -0.1) is 0 Å². The number of azo groups is 1. The van der Waals surface area contributed by atoms with Gasteiger partial charge < -0.3 is 18.9 Å². The molecule has 7 heteroatoms. The van der Waals surface area contributed by atoms with Crippen LogP contribution in [0.2, 0.25) is 0 Å². The lowest BCUT2D eigenvalue weighted by Crippen LogP contribution is -2.43. The maximum absolute atomic E-state index is 10.9. The van der Waals surface area contributed by atoms with E-state index in [-0.39, 0.29) is 11.4 Å². The highest BCUT2D eigenvalue weighted by atomic mass is 16.5. The Balaban J connectivity index is 1.26. The third kappa shape index (κ3) is 8.40. The Morgan fingerprint density at radius 3 is 1.97 bits per heavy atom. The first-order valence-electron chi connectivity index (χ1n) is 11.1. The molecule has 0 aromatic heterocycles. The SMILES string of the molecule is CC(=O)Oc1ccc(N=Nc2ccc(OCCCCCCOCC3(C)COC3)cc2)cc1. The summed E-state index contributed by atoms with van der Waals surface area (Å²) in [5.41, 5.74) is 1.66. The summed E-state index contributed by atoms with van der Waals surface area (Å²) in [4.78, 5) is 10.9. The molecule has 1 saturated heterocycles. The molecule has 0 N–H and O–H groups in total. The molecule has 2 aromatic rings. The molecular weight excluding hydrogens is 408 g/mol. The number of hydrogen-bond donors (Lipinski definition) is 0. The van der Waals surface area contributed by atoms with Crippen molar-refractivity contribution in [2.24, 2.45) is 15.6 Å². The fourth-order valence-corrected chi connectivity index (χ4v) is 3.17. The normalized spacial score (nSPS) is 14.8. The number of carbonyl (C=O) groups is 1. The molecule has 2 aromatic carbocycles. The Morgan fingerprint density at radius 2 is 1.44 bits per heavy atom. The number of benzene rings is 2. The minimum Gasteiger partial charge on any atom is -0.494 e. The van der Waals surface area contributed by atoms with E-state index in [2.05, 4.69) is 17.2 Å². The number of hydrogen-bond acceptors (Lipinski definition) is 7. The Bertz CT molecular complexity index is 861. The molecule has 1 fully saturated rings. The molecule has 0 unspecified atom stereocenters. The molecule has 172 valence electrons. The van der Waals surface area contributed by atoms with Gasteiger partial charge in [-0.25, -0.2) is 0 Å². The maximum atomic E-state index is 10.9. The number of ether oxygens (including phenoxy) is 4. The Morgan fingerprint density at radius 1 is 0.875 bits per heavy atom. The van der Waals surface area contributed by atoms with E-state index in [9.17, 15) is 4.79 Å². The van der Waals surface area contributed by atoms with Gasteiger partial charge in [0.15, 0.2) is 0 Å². The third-order valence-electron chi connectivity index (χ3n) is 5.02. The molecular formula is C25H32N2O5. The van der Waals surface area contributed by atoms with Gasteiger partial charge in [0.25, 0.3) is 0 Å². The number of rotatable bonds is 13. The van der Waals surface area contributed by atoms with Gasteiger partial charge in [-0.1, -0.05) is 13.3 Å². The van der Waals surface area contributed by atoms with Crippen molar-refractivity contribution >= 4 is 17.3 Å². The van der Waals surface area contributed by atoms with Crippen LogP contribution in [-0.2, 0) is 14.3 Å². The van der Waals surface area contributed by atoms with Crippen LogP contribution in [0.4, 0.5) is 11.4 Å². The fourth-order valence-electron chi connectivity index (χ4n) is 3.17. The molecule has 0 amide bonds. The van der Waals surface area contributed by atoms with Gasteiger partial charge in [0.2, 0.25) is 0 Å². The minimum atomic E-state index is -0.350. The first-order chi connectivity index (χ1) is 15.5. The van der Waals surface area contributed by atoms with Crippen molar-refractivity contribution < 1.29 is 23.7 Å². The molecule has 0 radical (unpaired) electrons. The summed E-state index contributed by atoms with van der Waals surface area (Å²) in [5, 5.41) is 8.41. The molecule has 0 saturated carbocycles. The summed E-state index contributed by atoms with van der Waals surface area (Å²) >= 11 is 0. The molecule has 1 aliphatic rings. The molecule has 32 heavy (non-hydrogen) atoms. The average molecular weight is 441 g/mol. The predicted molar refractivity (Wildman–Crippen MR) is 122 cm³/mol. The zero-order valence-corrected chi connectivity index (χ0v) is 18.9. The zero-order chi connectivity index (χ0) is 22.7. The summed E-state index contributed by atoms with van der Waals surface area (Å²) in [5.74, 6) is 0.964. The van der Waals surface area contributed by atoms with Gasteiger partial charge in [0, 0.05) is 18.9 Å². The highest BCUT2D eigenvalue weighted by Gasteiger charge is 2.33. The topological polar surface area (TPSA) is 78.7 Å². The van der Waals surface area contributed by atoms with Crippen molar-refractivity contribution in [2.45, 2.75) is 39.5 Å². The number of esters is 1. The summed E-state index contributed by atoms with van der Waals surface area (Å²) in [6, 6.07) is 14.4. The van der Waals surface area contributed by atoms with Crippen molar-refractivity contribution in [1.82, 2.24) is 0 Å². The van der Waals surface area contributed by atoms with E-state index in [1.807, 2.05) is 24.3 Å². The first-order valence-corrected chi connectivity index (χ1v) is 11.1. The summed E-state index contributed by atoms with van der Waals surface area (Å²) in [7, 11) is 0. The van der Waals surface area contributed by atoms with E-state index >= 15 is 0 Å². The second-order valence-corrected chi connectivity index (χ2v) is 8.40. The highest BCUT2D eigenvalue weighted by Crippen LogP contribution is 2.26. The number of nitrogens with zero attached hydrogens (tertiary/aromatic N) is 2. The highest BCUT2D eigenvalue weighted by molar-refractivity contribution is 5.69. The molecule has 0 bridgehead atoms. The van der Waals surface area contributed by atoms with E-state index in [0.717, 1.165) is 63.5 Å². The molecule has 0 atom stereocenters. The van der Waals surface area contributed by atoms with Crippen LogP contribution in [0.5, 0.6) is 11.5 Å². The Labute approximate surface area is 189 Å². The van der Waals surface area contributed by atoms with Crippen molar-refractivity contribution in [3.8, 4) is 11.5 Å². The van der Waals surface area contributed by atoms with Crippen LogP contribution in [0, 0.1) is 5.41 Å². The molecule has 0 aliphatic carbocycles. The quantitative estimate of drug-likeness (QED) is 0.165. The van der Waals surface area contributed by atoms with Crippen LogP contribution < -0.4 is 9.47 Å². The predicted octanol–water partition coefficient (Wildman–Crippen LogP) is 6.02. The van der Waals surface area contributed by atoms with Gasteiger partial charge >= 0.3 is 5.97 Å². The molecule has 3 rings (SSSR count). The van der Waals surface area contributed by atoms with Crippen LogP contribution in [-0.4, -0.2) is 39.0 Å². The van der Waals surface area contributed by atoms with E-state index in [1.54, 1.807) is 24.3 Å². The molecule has 7 nitrogen and oxygen atoms in total. The summed E-state index contributed by atoms with van der Waals surface area (Å²) in [6.45, 7) is 7.53. The van der Waals surface area contributed by atoms with Crippen LogP contribution in [0.3, 0.4) is 0 Å². The molecule has 1 heterocycles. The molecule has 1 aliphatic heterocycles. The van der Waals surface area contributed by atoms with Crippen molar-refractivity contribution in [3.05, 3.63) is 48.5 Å². The Hall–Kier alpha value is -2.77. The van der Waals surface area contributed by atoms with E-state index in [1.165, 1.54) is 6.92 Å². The maximum Gasteiger partial charge on any atom is 0.308 e. The third-order valence-corrected chi connectivity index (χ3v) is 5.02. The lowest BCUT2D eigenvalue weighted by atomic mass is 9.90. The monoisotopic (exact) mass is 440 g/mol. The first kappa shape index (κ1) is 23.9. The van der Waals surface area contributed by atoms with Crippen LogP contribution in [0.25, 0.3) is 0 Å². The lowest BCUT2D eigenvalue weighted by Gasteiger charge is -2.37. The second-order valence-electron chi connectivity index (χ2n) is 8.40. The van der Waals surface area contributed by atoms with E-state index < -0.39 is 0 Å². The smallest absolute Gasteiger partial charge is 0.308 e. The van der Waals surface area contributed by atoms with Crippen molar-refractivity contribution in [2.75, 3.05) is 33.0 Å². The van der Waals surface area contributed by atoms with Gasteiger partial charge in [-0.2, -0.15) is 10.2 Å². The van der Waals surface area contributed by atoms with Crippen LogP contribution >= 0.6 is 0 Å². The van der Waals surface area contributed by atoms with Gasteiger partial charge in [0.1, 0.15) is 11.5 Å². The number of carbonyl (C=O) groups excluding carboxylic acids is 1. The van der Waals surface area contributed by atoms with E-state index in [0.29, 0.717) is 18.0 Å². The summed E-state index contributed by atoms with van der Waals surface area (Å²) in [6.07, 6.45) is 4.39. The average Bonchev–Trinajstić information content (AvgIpc) is 2.76. The van der Waals surface area contributed by atoms with Gasteiger partial charge in [0.05, 0.1) is 37.8 Å². The van der Waals surface area contributed by atoms with Gasteiger partial charge in [-0.3, -0.25) is 4.79 Å². The number of unbranched alkanes of at least 4 members (excludes halogenated alkanes) is 3. The minimum absolute atomic E-state index is 0.239. The van der Waals surface area contributed by atoms with Crippen molar-refractivity contribution in [1.29, 1.82) is 0 Å². The Kier molecular flexibility index (Phi) is 9.19. The van der Waals surface area contributed by atoms with Crippen molar-refractivity contribution in [3.63, 3.8) is 0 Å². The fraction of sp³-hybridized carbons (Fsp3) is 0.480. The summed E-state index contributed by atoms with van der Waals surface area (Å²) < 4.78 is 21.8. The van der Waals surface area contributed by atoms with E-state index in [4.69, 9.17) is 18.9 Å². The van der Waals surface area contributed by atoms with Crippen LogP contribution in [0.1, 0.15) is 39.5 Å². The zero-order valence-electron chi connectivity index (χ0n) is 18.9. The standard InChI is InChI=1S/C25H32N2O5/c1-20(28)32-24-13-9-22(10-14-24)27-26-21-7-11-23(12-8-21)31-16-6-4-3-5-15-29-17-25(2)18-30-19-25/h7-14H,3-6,15-19H2,1-2H3. The van der Waals surface area contributed by atoms with Crippen LogP contribution in [0.15, 0.2) is 58.8 Å². The lowest BCUT2D eigenvalue weighted by molar-refractivity contribution is -0.137. The second kappa shape index (κ2) is 12.3. The molecule has 0 spiro atoms.